The lowest BCUT2D eigenvalue weighted by Gasteiger charge is -2.10. The Balaban J connectivity index is 2.05. The Morgan fingerprint density at radius 1 is 1.24 bits per heavy atom. The summed E-state index contributed by atoms with van der Waals surface area (Å²) < 4.78 is 5.08. The van der Waals surface area contributed by atoms with Crippen molar-refractivity contribution in [1.82, 2.24) is 5.32 Å². The van der Waals surface area contributed by atoms with E-state index in [1.165, 1.54) is 0 Å². The van der Waals surface area contributed by atoms with Crippen LogP contribution in [0.1, 0.15) is 15.9 Å². The fraction of sp³-hybridized carbons (Fsp3) is 0.133. The molecular weight excluding hydrogens is 290 g/mol. The minimum absolute atomic E-state index is 0.249. The van der Waals surface area contributed by atoms with Gasteiger partial charge in [-0.3, -0.25) is 10.6 Å². The van der Waals surface area contributed by atoms with Gasteiger partial charge in [-0.05, 0) is 35.9 Å². The van der Waals surface area contributed by atoms with Gasteiger partial charge in [-0.1, -0.05) is 23.7 Å². The molecule has 0 unspecified atom stereocenters. The smallest absolute Gasteiger partial charge is 0.253 e. The molecule has 5 nitrogen and oxygen atoms in total. The Hall–Kier alpha value is -2.24. The number of hydrogen-bond acceptors (Lipinski definition) is 4. The highest BCUT2D eigenvalue weighted by Gasteiger charge is 2.11. The lowest BCUT2D eigenvalue weighted by atomic mass is 10.1. The number of methoxy groups -OCH3 is 1. The summed E-state index contributed by atoms with van der Waals surface area (Å²) in [5.74, 6) is 5.91. The summed E-state index contributed by atoms with van der Waals surface area (Å²) in [5.41, 5.74) is 4.37. The Morgan fingerprint density at radius 3 is 2.57 bits per heavy atom. The van der Waals surface area contributed by atoms with Crippen molar-refractivity contribution >= 4 is 23.2 Å². The highest BCUT2D eigenvalue weighted by atomic mass is 35.5. The molecule has 0 aromatic heterocycles. The number of anilines is 1. The molecule has 2 rings (SSSR count). The van der Waals surface area contributed by atoms with Crippen LogP contribution in [0.4, 0.5) is 5.69 Å². The molecule has 110 valence electrons. The number of halogens is 1. The van der Waals surface area contributed by atoms with E-state index in [-0.39, 0.29) is 5.91 Å². The maximum Gasteiger partial charge on any atom is 0.253 e. The number of nitrogens with one attached hydrogen (secondary N) is 2. The summed E-state index contributed by atoms with van der Waals surface area (Å²) in [6.07, 6.45) is 0. The summed E-state index contributed by atoms with van der Waals surface area (Å²) in [4.78, 5) is 12.2. The third-order valence-corrected chi connectivity index (χ3v) is 3.23. The van der Waals surface area contributed by atoms with Gasteiger partial charge in [-0.15, -0.1) is 0 Å². The van der Waals surface area contributed by atoms with Gasteiger partial charge in [0.2, 0.25) is 0 Å². The van der Waals surface area contributed by atoms with Crippen molar-refractivity contribution in [2.24, 2.45) is 5.84 Å². The van der Waals surface area contributed by atoms with Crippen LogP contribution in [-0.2, 0) is 6.54 Å². The monoisotopic (exact) mass is 305 g/mol. The number of benzene rings is 2. The van der Waals surface area contributed by atoms with Crippen molar-refractivity contribution in [2.45, 2.75) is 6.54 Å². The van der Waals surface area contributed by atoms with E-state index in [2.05, 4.69) is 10.7 Å². The number of amides is 1. The molecule has 0 bridgehead atoms. The zero-order chi connectivity index (χ0) is 15.2. The lowest BCUT2D eigenvalue weighted by Crippen LogP contribution is -2.24. The SMILES string of the molecule is COc1ccc(CNC(=O)c2cc(Cl)ccc2NN)cc1. The molecule has 0 aliphatic rings. The van der Waals surface area contributed by atoms with Gasteiger partial charge >= 0.3 is 0 Å². The van der Waals surface area contributed by atoms with Crippen LogP contribution in [0.25, 0.3) is 0 Å². The topological polar surface area (TPSA) is 76.4 Å². The normalized spacial score (nSPS) is 10.0. The van der Waals surface area contributed by atoms with Crippen LogP contribution in [0, 0.1) is 0 Å². The van der Waals surface area contributed by atoms with Crippen molar-refractivity contribution in [1.29, 1.82) is 0 Å². The van der Waals surface area contributed by atoms with E-state index in [4.69, 9.17) is 22.2 Å². The van der Waals surface area contributed by atoms with E-state index in [0.29, 0.717) is 22.8 Å². The summed E-state index contributed by atoms with van der Waals surface area (Å²) in [6, 6.07) is 12.3. The number of hydrogen-bond donors (Lipinski definition) is 3. The van der Waals surface area contributed by atoms with E-state index in [0.717, 1.165) is 11.3 Å². The molecule has 0 spiro atoms. The van der Waals surface area contributed by atoms with Gasteiger partial charge in [0, 0.05) is 11.6 Å². The fourth-order valence-electron chi connectivity index (χ4n) is 1.85. The largest absolute Gasteiger partial charge is 0.497 e. The highest BCUT2D eigenvalue weighted by Crippen LogP contribution is 2.20. The van der Waals surface area contributed by atoms with Crippen LogP contribution in [0.3, 0.4) is 0 Å². The van der Waals surface area contributed by atoms with Gasteiger partial charge in [0.25, 0.3) is 5.91 Å². The van der Waals surface area contributed by atoms with Crippen LogP contribution in [0.2, 0.25) is 5.02 Å². The summed E-state index contributed by atoms with van der Waals surface area (Å²) in [7, 11) is 1.61. The van der Waals surface area contributed by atoms with E-state index < -0.39 is 0 Å². The predicted molar refractivity (Wildman–Crippen MR) is 83.4 cm³/mol. The minimum atomic E-state index is -0.249. The molecule has 6 heteroatoms. The molecule has 0 saturated heterocycles. The quantitative estimate of drug-likeness (QED) is 0.586. The van der Waals surface area contributed by atoms with Crippen molar-refractivity contribution in [3.8, 4) is 5.75 Å². The van der Waals surface area contributed by atoms with Gasteiger partial charge in [0.15, 0.2) is 0 Å². The maximum atomic E-state index is 12.2. The molecule has 0 radical (unpaired) electrons. The molecule has 0 atom stereocenters. The average Bonchev–Trinajstić information content (AvgIpc) is 2.53. The van der Waals surface area contributed by atoms with E-state index in [9.17, 15) is 4.79 Å². The predicted octanol–water partition coefficient (Wildman–Crippen LogP) is 2.56. The number of carbonyl (C=O) groups excluding carboxylic acids is 1. The Bertz CT molecular complexity index is 629. The molecule has 0 aliphatic heterocycles. The van der Waals surface area contributed by atoms with Crippen molar-refractivity contribution in [3.63, 3.8) is 0 Å². The number of carbonyl (C=O) groups is 1. The number of rotatable bonds is 5. The molecule has 0 heterocycles. The maximum absolute atomic E-state index is 12.2. The second kappa shape index (κ2) is 6.97. The zero-order valence-electron chi connectivity index (χ0n) is 11.5. The van der Waals surface area contributed by atoms with E-state index in [1.807, 2.05) is 24.3 Å². The van der Waals surface area contributed by atoms with Crippen LogP contribution in [0.5, 0.6) is 5.75 Å². The zero-order valence-corrected chi connectivity index (χ0v) is 12.3. The third-order valence-electron chi connectivity index (χ3n) is 2.99. The molecule has 4 N–H and O–H groups in total. The molecule has 0 aliphatic carbocycles. The highest BCUT2D eigenvalue weighted by molar-refractivity contribution is 6.31. The second-order valence-corrected chi connectivity index (χ2v) is 4.80. The van der Waals surface area contributed by atoms with Crippen molar-refractivity contribution < 1.29 is 9.53 Å². The number of nitrogens with two attached hydrogens (primary N) is 1. The van der Waals surface area contributed by atoms with Gasteiger partial charge in [-0.25, -0.2) is 0 Å². The first-order valence-corrected chi connectivity index (χ1v) is 6.69. The summed E-state index contributed by atoms with van der Waals surface area (Å²) >= 11 is 5.91. The third kappa shape index (κ3) is 3.87. The fourth-order valence-corrected chi connectivity index (χ4v) is 2.02. The Labute approximate surface area is 128 Å². The van der Waals surface area contributed by atoms with Crippen LogP contribution < -0.4 is 21.3 Å². The van der Waals surface area contributed by atoms with Crippen molar-refractivity contribution in [3.05, 3.63) is 58.6 Å². The molecule has 1 amide bonds. The van der Waals surface area contributed by atoms with Gasteiger partial charge in [-0.2, -0.15) is 0 Å². The van der Waals surface area contributed by atoms with Gasteiger partial charge in [0.05, 0.1) is 18.4 Å². The van der Waals surface area contributed by atoms with Gasteiger partial charge < -0.3 is 15.5 Å². The minimum Gasteiger partial charge on any atom is -0.497 e. The van der Waals surface area contributed by atoms with Crippen LogP contribution in [0.15, 0.2) is 42.5 Å². The molecular formula is C15H16ClN3O2. The first kappa shape index (κ1) is 15.2. The van der Waals surface area contributed by atoms with E-state index >= 15 is 0 Å². The summed E-state index contributed by atoms with van der Waals surface area (Å²) in [5, 5.41) is 3.30. The molecule has 2 aromatic rings. The molecule has 21 heavy (non-hydrogen) atoms. The average molecular weight is 306 g/mol. The van der Waals surface area contributed by atoms with Crippen LogP contribution in [-0.4, -0.2) is 13.0 Å². The number of hydrazine groups is 1. The summed E-state index contributed by atoms with van der Waals surface area (Å²) in [6.45, 7) is 0.402. The number of nitrogen functional groups attached to an aromatic ring is 1. The first-order chi connectivity index (χ1) is 10.1. The molecule has 2 aromatic carbocycles. The van der Waals surface area contributed by atoms with Gasteiger partial charge in [0.1, 0.15) is 5.75 Å². The second-order valence-electron chi connectivity index (χ2n) is 4.36. The lowest BCUT2D eigenvalue weighted by molar-refractivity contribution is 0.0951. The van der Waals surface area contributed by atoms with E-state index in [1.54, 1.807) is 25.3 Å². The number of ether oxygens (including phenoxy) is 1. The molecule has 0 saturated carbocycles. The first-order valence-electron chi connectivity index (χ1n) is 6.31. The Morgan fingerprint density at radius 2 is 1.95 bits per heavy atom. The molecule has 0 fully saturated rings. The Kier molecular flexibility index (Phi) is 5.03. The van der Waals surface area contributed by atoms with Crippen LogP contribution >= 0.6 is 11.6 Å². The standard InChI is InChI=1S/C15H16ClN3O2/c1-21-12-5-2-10(3-6-12)9-18-15(20)13-8-11(16)4-7-14(13)19-17/h2-8,19H,9,17H2,1H3,(H,18,20). The van der Waals surface area contributed by atoms with Crippen molar-refractivity contribution in [2.75, 3.05) is 12.5 Å².